The van der Waals surface area contributed by atoms with E-state index < -0.39 is 0 Å². The van der Waals surface area contributed by atoms with Gasteiger partial charge in [-0.1, -0.05) is 43.2 Å². The highest BCUT2D eigenvalue weighted by molar-refractivity contribution is 5.84. The standard InChI is InChI=1S/C19H26N2O/c22-18(19-10-5-4-8-17(19)12-20-14-19)21-11-9-16(13-21)15-6-2-1-3-7-15/h1-3,6-7,16-17,20H,4-5,8-14H2/t16?,17-,19+/m0/s1. The Balaban J connectivity index is 1.50. The summed E-state index contributed by atoms with van der Waals surface area (Å²) >= 11 is 0. The molecule has 0 aromatic heterocycles. The lowest BCUT2D eigenvalue weighted by molar-refractivity contribution is -0.144. The van der Waals surface area contributed by atoms with E-state index in [1.807, 2.05) is 0 Å². The van der Waals surface area contributed by atoms with E-state index in [0.29, 0.717) is 17.7 Å². The van der Waals surface area contributed by atoms with E-state index in [9.17, 15) is 4.79 Å². The zero-order chi connectivity index (χ0) is 15.0. The predicted octanol–water partition coefficient (Wildman–Crippen LogP) is 2.78. The maximum Gasteiger partial charge on any atom is 0.230 e. The van der Waals surface area contributed by atoms with Gasteiger partial charge in [0.15, 0.2) is 0 Å². The zero-order valence-electron chi connectivity index (χ0n) is 13.3. The van der Waals surface area contributed by atoms with E-state index in [2.05, 4.69) is 40.5 Å². The molecule has 1 amide bonds. The number of carbonyl (C=O) groups excluding carboxylic acids is 1. The molecule has 1 aromatic rings. The maximum atomic E-state index is 13.3. The van der Waals surface area contributed by atoms with Crippen molar-refractivity contribution < 1.29 is 4.79 Å². The maximum absolute atomic E-state index is 13.3. The van der Waals surface area contributed by atoms with Gasteiger partial charge in [0.2, 0.25) is 5.91 Å². The highest BCUT2D eigenvalue weighted by atomic mass is 16.2. The van der Waals surface area contributed by atoms with Crippen LogP contribution in [0.25, 0.3) is 0 Å². The number of rotatable bonds is 2. The summed E-state index contributed by atoms with van der Waals surface area (Å²) in [6.45, 7) is 3.80. The van der Waals surface area contributed by atoms with Crippen molar-refractivity contribution in [3.63, 3.8) is 0 Å². The molecule has 3 fully saturated rings. The van der Waals surface area contributed by atoms with Crippen LogP contribution in [0.15, 0.2) is 30.3 Å². The van der Waals surface area contributed by atoms with E-state index in [1.54, 1.807) is 0 Å². The second-order valence-corrected chi connectivity index (χ2v) is 7.38. The second kappa shape index (κ2) is 5.69. The van der Waals surface area contributed by atoms with Crippen LogP contribution >= 0.6 is 0 Å². The first-order valence-corrected chi connectivity index (χ1v) is 8.85. The van der Waals surface area contributed by atoms with Crippen LogP contribution in [0, 0.1) is 11.3 Å². The number of nitrogens with one attached hydrogen (secondary N) is 1. The third-order valence-electron chi connectivity index (χ3n) is 6.21. The monoisotopic (exact) mass is 298 g/mol. The van der Waals surface area contributed by atoms with Gasteiger partial charge >= 0.3 is 0 Å². The van der Waals surface area contributed by atoms with Crippen LogP contribution in [0.2, 0.25) is 0 Å². The highest BCUT2D eigenvalue weighted by Gasteiger charge is 2.52. The quantitative estimate of drug-likeness (QED) is 0.910. The highest BCUT2D eigenvalue weighted by Crippen LogP contribution is 2.46. The summed E-state index contributed by atoms with van der Waals surface area (Å²) in [5, 5.41) is 3.50. The van der Waals surface area contributed by atoms with Gasteiger partial charge in [-0.15, -0.1) is 0 Å². The van der Waals surface area contributed by atoms with Gasteiger partial charge in [0.05, 0.1) is 5.41 Å². The number of likely N-dealkylation sites (tertiary alicyclic amines) is 1. The first-order valence-electron chi connectivity index (χ1n) is 8.85. The molecule has 3 heteroatoms. The molecule has 2 saturated heterocycles. The van der Waals surface area contributed by atoms with Crippen molar-refractivity contribution in [3.8, 4) is 0 Å². The van der Waals surface area contributed by atoms with Crippen LogP contribution in [0.1, 0.15) is 43.6 Å². The van der Waals surface area contributed by atoms with E-state index in [1.165, 1.54) is 24.8 Å². The Kier molecular flexibility index (Phi) is 3.69. The van der Waals surface area contributed by atoms with E-state index in [4.69, 9.17) is 0 Å². The Hall–Kier alpha value is -1.35. The molecule has 118 valence electrons. The predicted molar refractivity (Wildman–Crippen MR) is 87.6 cm³/mol. The van der Waals surface area contributed by atoms with E-state index in [-0.39, 0.29) is 5.41 Å². The van der Waals surface area contributed by atoms with E-state index >= 15 is 0 Å². The molecule has 1 N–H and O–H groups in total. The molecule has 1 saturated carbocycles. The Morgan fingerprint density at radius 2 is 2.05 bits per heavy atom. The number of nitrogens with zero attached hydrogens (tertiary/aromatic N) is 1. The van der Waals surface area contributed by atoms with Crippen molar-refractivity contribution in [1.82, 2.24) is 10.2 Å². The molecule has 22 heavy (non-hydrogen) atoms. The van der Waals surface area contributed by atoms with Gasteiger partial charge in [0, 0.05) is 25.6 Å². The SMILES string of the molecule is O=C(N1CCC(c2ccccc2)C1)[C@@]12CCCC[C@H]1CNC2. The Morgan fingerprint density at radius 1 is 1.18 bits per heavy atom. The summed E-state index contributed by atoms with van der Waals surface area (Å²) in [5.74, 6) is 1.54. The molecule has 3 atom stereocenters. The lowest BCUT2D eigenvalue weighted by Gasteiger charge is -2.39. The minimum atomic E-state index is -0.0795. The lowest BCUT2D eigenvalue weighted by atomic mass is 9.67. The van der Waals surface area contributed by atoms with Crippen LogP contribution in [-0.4, -0.2) is 37.0 Å². The minimum Gasteiger partial charge on any atom is -0.342 e. The fourth-order valence-electron chi connectivity index (χ4n) is 4.93. The lowest BCUT2D eigenvalue weighted by Crippen LogP contribution is -2.49. The van der Waals surface area contributed by atoms with Gasteiger partial charge < -0.3 is 10.2 Å². The molecule has 3 nitrogen and oxygen atoms in total. The normalized spacial score (nSPS) is 34.6. The molecule has 1 aromatic carbocycles. The van der Waals surface area contributed by atoms with Crippen molar-refractivity contribution in [2.24, 2.45) is 11.3 Å². The van der Waals surface area contributed by atoms with Crippen LogP contribution in [0.5, 0.6) is 0 Å². The smallest absolute Gasteiger partial charge is 0.230 e. The van der Waals surface area contributed by atoms with Gasteiger partial charge in [-0.25, -0.2) is 0 Å². The van der Waals surface area contributed by atoms with Crippen molar-refractivity contribution >= 4 is 5.91 Å². The van der Waals surface area contributed by atoms with Gasteiger partial charge in [-0.2, -0.15) is 0 Å². The summed E-state index contributed by atoms with van der Waals surface area (Å²) in [7, 11) is 0. The Bertz CT molecular complexity index is 544. The number of amides is 1. The number of benzene rings is 1. The average Bonchev–Trinajstić information content (AvgIpc) is 3.22. The number of hydrogen-bond acceptors (Lipinski definition) is 2. The fraction of sp³-hybridized carbons (Fsp3) is 0.632. The third-order valence-corrected chi connectivity index (χ3v) is 6.21. The molecule has 0 spiro atoms. The molecular formula is C19H26N2O. The van der Waals surface area contributed by atoms with Gasteiger partial charge in [0.25, 0.3) is 0 Å². The molecule has 2 heterocycles. The van der Waals surface area contributed by atoms with Crippen LogP contribution < -0.4 is 5.32 Å². The minimum absolute atomic E-state index is 0.0795. The molecule has 1 unspecified atom stereocenters. The second-order valence-electron chi connectivity index (χ2n) is 7.38. The van der Waals surface area contributed by atoms with Crippen molar-refractivity contribution in [3.05, 3.63) is 35.9 Å². The van der Waals surface area contributed by atoms with Crippen LogP contribution in [0.4, 0.5) is 0 Å². The summed E-state index contributed by atoms with van der Waals surface area (Å²) in [6, 6.07) is 10.7. The first-order chi connectivity index (χ1) is 10.8. The van der Waals surface area contributed by atoms with Gasteiger partial charge in [-0.05, 0) is 37.3 Å². The summed E-state index contributed by atoms with van der Waals surface area (Å²) in [5.41, 5.74) is 1.31. The summed E-state index contributed by atoms with van der Waals surface area (Å²) in [6.07, 6.45) is 5.96. The number of hydrogen-bond donors (Lipinski definition) is 1. The molecular weight excluding hydrogens is 272 g/mol. The Labute approximate surface area is 133 Å². The van der Waals surface area contributed by atoms with Crippen molar-refractivity contribution in [2.45, 2.75) is 38.0 Å². The molecule has 3 aliphatic rings. The Morgan fingerprint density at radius 3 is 2.91 bits per heavy atom. The van der Waals surface area contributed by atoms with Gasteiger partial charge in [-0.3, -0.25) is 4.79 Å². The first kappa shape index (κ1) is 14.3. The molecule has 0 bridgehead atoms. The van der Waals surface area contributed by atoms with Gasteiger partial charge in [0.1, 0.15) is 0 Å². The fourth-order valence-corrected chi connectivity index (χ4v) is 4.93. The number of fused-ring (bicyclic) bond motifs is 1. The number of carbonyl (C=O) groups is 1. The molecule has 4 rings (SSSR count). The summed E-state index contributed by atoms with van der Waals surface area (Å²) < 4.78 is 0. The third kappa shape index (κ3) is 2.26. The van der Waals surface area contributed by atoms with E-state index in [0.717, 1.165) is 39.0 Å². The van der Waals surface area contributed by atoms with Crippen molar-refractivity contribution in [2.75, 3.05) is 26.2 Å². The largest absolute Gasteiger partial charge is 0.342 e. The summed E-state index contributed by atoms with van der Waals surface area (Å²) in [4.78, 5) is 15.4. The topological polar surface area (TPSA) is 32.3 Å². The molecule has 0 radical (unpaired) electrons. The van der Waals surface area contributed by atoms with Crippen LogP contribution in [0.3, 0.4) is 0 Å². The zero-order valence-corrected chi connectivity index (χ0v) is 13.3. The molecule has 1 aliphatic carbocycles. The molecule has 2 aliphatic heterocycles. The van der Waals surface area contributed by atoms with Crippen LogP contribution in [-0.2, 0) is 4.79 Å². The van der Waals surface area contributed by atoms with Crippen molar-refractivity contribution in [1.29, 1.82) is 0 Å². The average molecular weight is 298 g/mol.